The second-order valence-corrected chi connectivity index (χ2v) is 4.77. The SMILES string of the molecule is CC(C)NC(=O)/C(C#N)=C/c1cccc(Br)c1. The lowest BCUT2D eigenvalue weighted by Gasteiger charge is -2.06. The second kappa shape index (κ2) is 6.21. The molecule has 0 saturated carbocycles. The molecule has 17 heavy (non-hydrogen) atoms. The first-order chi connectivity index (χ1) is 8.02. The smallest absolute Gasteiger partial charge is 0.262 e. The fourth-order valence-electron chi connectivity index (χ4n) is 1.25. The molecule has 1 rings (SSSR count). The van der Waals surface area contributed by atoms with E-state index in [1.165, 1.54) is 0 Å². The molecule has 4 heteroatoms. The van der Waals surface area contributed by atoms with Gasteiger partial charge in [0.25, 0.3) is 5.91 Å². The van der Waals surface area contributed by atoms with E-state index in [9.17, 15) is 4.79 Å². The van der Waals surface area contributed by atoms with E-state index in [-0.39, 0.29) is 17.5 Å². The summed E-state index contributed by atoms with van der Waals surface area (Å²) in [5.74, 6) is -0.345. The molecule has 0 aliphatic carbocycles. The van der Waals surface area contributed by atoms with Crippen molar-refractivity contribution in [3.63, 3.8) is 0 Å². The summed E-state index contributed by atoms with van der Waals surface area (Å²) in [7, 11) is 0. The lowest BCUT2D eigenvalue weighted by Crippen LogP contribution is -2.30. The minimum atomic E-state index is -0.345. The van der Waals surface area contributed by atoms with Crippen molar-refractivity contribution in [2.24, 2.45) is 0 Å². The van der Waals surface area contributed by atoms with E-state index in [4.69, 9.17) is 5.26 Å². The number of carbonyl (C=O) groups is 1. The molecule has 0 heterocycles. The Kier molecular flexibility index (Phi) is 4.92. The lowest BCUT2D eigenvalue weighted by molar-refractivity contribution is -0.117. The molecule has 0 fully saturated rings. The first-order valence-electron chi connectivity index (χ1n) is 5.21. The molecule has 0 radical (unpaired) electrons. The fraction of sp³-hybridized carbons (Fsp3) is 0.231. The number of rotatable bonds is 3. The van der Waals surface area contributed by atoms with E-state index in [2.05, 4.69) is 21.2 Å². The summed E-state index contributed by atoms with van der Waals surface area (Å²) in [6.07, 6.45) is 1.57. The van der Waals surface area contributed by atoms with Gasteiger partial charge in [-0.05, 0) is 37.6 Å². The van der Waals surface area contributed by atoms with Gasteiger partial charge < -0.3 is 5.32 Å². The van der Waals surface area contributed by atoms with Crippen LogP contribution in [0.1, 0.15) is 19.4 Å². The molecule has 0 spiro atoms. The Morgan fingerprint density at radius 3 is 2.76 bits per heavy atom. The maximum Gasteiger partial charge on any atom is 0.262 e. The predicted octanol–water partition coefficient (Wildman–Crippen LogP) is 2.88. The van der Waals surface area contributed by atoms with Gasteiger partial charge in [0.2, 0.25) is 0 Å². The lowest BCUT2D eigenvalue weighted by atomic mass is 10.1. The molecule has 88 valence electrons. The largest absolute Gasteiger partial charge is 0.349 e. The van der Waals surface area contributed by atoms with Crippen LogP contribution in [-0.2, 0) is 4.79 Å². The molecule has 3 nitrogen and oxygen atoms in total. The maximum absolute atomic E-state index is 11.7. The number of nitriles is 1. The zero-order chi connectivity index (χ0) is 12.8. The van der Waals surface area contributed by atoms with Crippen LogP contribution in [0.3, 0.4) is 0 Å². The standard InChI is InChI=1S/C13H13BrN2O/c1-9(2)16-13(17)11(8-15)6-10-4-3-5-12(14)7-10/h3-7,9H,1-2H3,(H,16,17)/b11-6+. The number of halogens is 1. The van der Waals surface area contributed by atoms with Gasteiger partial charge in [0.05, 0.1) is 0 Å². The van der Waals surface area contributed by atoms with Crippen LogP contribution in [0.25, 0.3) is 6.08 Å². The first-order valence-corrected chi connectivity index (χ1v) is 6.00. The molecule has 0 aliphatic heterocycles. The monoisotopic (exact) mass is 292 g/mol. The van der Waals surface area contributed by atoms with Gasteiger partial charge >= 0.3 is 0 Å². The van der Waals surface area contributed by atoms with Crippen LogP contribution < -0.4 is 5.32 Å². The van der Waals surface area contributed by atoms with Crippen molar-refractivity contribution in [2.45, 2.75) is 19.9 Å². The molecule has 1 aromatic carbocycles. The normalized spacial score (nSPS) is 11.1. The van der Waals surface area contributed by atoms with Gasteiger partial charge in [0.1, 0.15) is 11.6 Å². The van der Waals surface area contributed by atoms with Crippen LogP contribution in [-0.4, -0.2) is 11.9 Å². The Morgan fingerprint density at radius 2 is 2.24 bits per heavy atom. The number of nitrogens with zero attached hydrogens (tertiary/aromatic N) is 1. The zero-order valence-corrected chi connectivity index (χ0v) is 11.3. The average Bonchev–Trinajstić information content (AvgIpc) is 2.24. The molecule has 0 aromatic heterocycles. The molecule has 0 unspecified atom stereocenters. The van der Waals surface area contributed by atoms with Gasteiger partial charge in [-0.1, -0.05) is 28.1 Å². The highest BCUT2D eigenvalue weighted by molar-refractivity contribution is 9.10. The van der Waals surface area contributed by atoms with E-state index in [1.807, 2.05) is 44.2 Å². The topological polar surface area (TPSA) is 52.9 Å². The van der Waals surface area contributed by atoms with Crippen molar-refractivity contribution < 1.29 is 4.79 Å². The number of hydrogen-bond acceptors (Lipinski definition) is 2. The van der Waals surface area contributed by atoms with Gasteiger partial charge in [-0.25, -0.2) is 0 Å². The Labute approximate surface area is 109 Å². The van der Waals surface area contributed by atoms with E-state index in [0.29, 0.717) is 0 Å². The molecule has 0 saturated heterocycles. The number of hydrogen-bond donors (Lipinski definition) is 1. The highest BCUT2D eigenvalue weighted by Crippen LogP contribution is 2.14. The van der Waals surface area contributed by atoms with Crippen LogP contribution in [0.4, 0.5) is 0 Å². The summed E-state index contributed by atoms with van der Waals surface area (Å²) < 4.78 is 0.910. The third-order valence-corrected chi connectivity index (χ3v) is 2.44. The van der Waals surface area contributed by atoms with E-state index < -0.39 is 0 Å². The molecular formula is C13H13BrN2O. The van der Waals surface area contributed by atoms with Crippen molar-refractivity contribution in [3.05, 3.63) is 39.9 Å². The average molecular weight is 293 g/mol. The number of carbonyl (C=O) groups excluding carboxylic acids is 1. The molecule has 0 atom stereocenters. The van der Waals surface area contributed by atoms with Crippen molar-refractivity contribution in [1.29, 1.82) is 5.26 Å². The van der Waals surface area contributed by atoms with Crippen LogP contribution >= 0.6 is 15.9 Å². The molecular weight excluding hydrogens is 280 g/mol. The summed E-state index contributed by atoms with van der Waals surface area (Å²) in [5, 5.41) is 11.6. The van der Waals surface area contributed by atoms with Crippen LogP contribution in [0.2, 0.25) is 0 Å². The van der Waals surface area contributed by atoms with Gasteiger partial charge in [-0.3, -0.25) is 4.79 Å². The van der Waals surface area contributed by atoms with Crippen molar-refractivity contribution in [3.8, 4) is 6.07 Å². The molecule has 0 bridgehead atoms. The maximum atomic E-state index is 11.7. The molecule has 0 aliphatic rings. The van der Waals surface area contributed by atoms with Crippen LogP contribution in [0.15, 0.2) is 34.3 Å². The summed E-state index contributed by atoms with van der Waals surface area (Å²) in [6, 6.07) is 9.35. The molecule has 1 aromatic rings. The minimum absolute atomic E-state index is 0.0155. The van der Waals surface area contributed by atoms with Crippen molar-refractivity contribution >= 4 is 27.9 Å². The quantitative estimate of drug-likeness (QED) is 0.688. The van der Waals surface area contributed by atoms with Gasteiger partial charge in [-0.2, -0.15) is 5.26 Å². The third-order valence-electron chi connectivity index (χ3n) is 1.94. The summed E-state index contributed by atoms with van der Waals surface area (Å²) >= 11 is 3.34. The first kappa shape index (κ1) is 13.5. The highest BCUT2D eigenvalue weighted by atomic mass is 79.9. The zero-order valence-electron chi connectivity index (χ0n) is 9.70. The summed E-state index contributed by atoms with van der Waals surface area (Å²) in [6.45, 7) is 3.71. The number of benzene rings is 1. The Balaban J connectivity index is 2.95. The summed E-state index contributed by atoms with van der Waals surface area (Å²) in [4.78, 5) is 11.7. The third kappa shape index (κ3) is 4.41. The fourth-order valence-corrected chi connectivity index (χ4v) is 1.67. The Bertz CT molecular complexity index is 486. The van der Waals surface area contributed by atoms with Gasteiger partial charge in [0, 0.05) is 10.5 Å². The van der Waals surface area contributed by atoms with Crippen LogP contribution in [0.5, 0.6) is 0 Å². The van der Waals surface area contributed by atoms with Crippen molar-refractivity contribution in [1.82, 2.24) is 5.32 Å². The molecule has 1 amide bonds. The van der Waals surface area contributed by atoms with Gasteiger partial charge in [0.15, 0.2) is 0 Å². The van der Waals surface area contributed by atoms with E-state index in [0.717, 1.165) is 10.0 Å². The number of amides is 1. The van der Waals surface area contributed by atoms with Gasteiger partial charge in [-0.15, -0.1) is 0 Å². The predicted molar refractivity (Wildman–Crippen MR) is 71.0 cm³/mol. The summed E-state index contributed by atoms with van der Waals surface area (Å²) in [5.41, 5.74) is 0.923. The Morgan fingerprint density at radius 1 is 1.53 bits per heavy atom. The Hall–Kier alpha value is -1.60. The second-order valence-electron chi connectivity index (χ2n) is 3.85. The highest BCUT2D eigenvalue weighted by Gasteiger charge is 2.09. The van der Waals surface area contributed by atoms with E-state index >= 15 is 0 Å². The molecule has 1 N–H and O–H groups in total. The number of nitrogens with one attached hydrogen (secondary N) is 1. The minimum Gasteiger partial charge on any atom is -0.349 e. The van der Waals surface area contributed by atoms with Crippen LogP contribution in [0, 0.1) is 11.3 Å². The van der Waals surface area contributed by atoms with E-state index in [1.54, 1.807) is 6.08 Å². The van der Waals surface area contributed by atoms with Crippen molar-refractivity contribution in [2.75, 3.05) is 0 Å².